The molecule has 1 heterocycles. The lowest BCUT2D eigenvalue weighted by atomic mass is 10.2. The first-order chi connectivity index (χ1) is 9.61. The van der Waals surface area contributed by atoms with E-state index in [0.29, 0.717) is 17.9 Å². The van der Waals surface area contributed by atoms with Gasteiger partial charge in [-0.05, 0) is 18.6 Å². The molecule has 0 aliphatic rings. The molecule has 0 atom stereocenters. The van der Waals surface area contributed by atoms with Gasteiger partial charge in [0.05, 0.1) is 12.2 Å². The summed E-state index contributed by atoms with van der Waals surface area (Å²) in [6.45, 7) is 2.55. The van der Waals surface area contributed by atoms with Gasteiger partial charge in [0.25, 0.3) is 5.91 Å². The third-order valence-corrected chi connectivity index (χ3v) is 2.55. The number of benzene rings is 1. The minimum Gasteiger partial charge on any atom is -0.493 e. The first-order valence-electron chi connectivity index (χ1n) is 6.22. The summed E-state index contributed by atoms with van der Waals surface area (Å²) in [5.74, 6) is -0.245. The van der Waals surface area contributed by atoms with E-state index in [4.69, 9.17) is 10.5 Å². The van der Waals surface area contributed by atoms with E-state index < -0.39 is 5.91 Å². The Balaban J connectivity index is 2.48. The summed E-state index contributed by atoms with van der Waals surface area (Å²) < 4.78 is 5.60. The van der Waals surface area contributed by atoms with Crippen molar-refractivity contribution in [3.8, 4) is 23.0 Å². The molecule has 2 aromatic rings. The van der Waals surface area contributed by atoms with Gasteiger partial charge in [-0.3, -0.25) is 4.79 Å². The normalized spacial score (nSPS) is 10.2. The summed E-state index contributed by atoms with van der Waals surface area (Å²) in [5.41, 5.74) is 5.73. The number of aromatic hydroxyl groups is 1. The van der Waals surface area contributed by atoms with Crippen molar-refractivity contribution in [2.24, 2.45) is 5.73 Å². The molecular weight excluding hydrogens is 258 g/mol. The number of amides is 1. The molecule has 6 heteroatoms. The number of hydrogen-bond acceptors (Lipinski definition) is 5. The number of nitrogens with zero attached hydrogens (tertiary/aromatic N) is 2. The van der Waals surface area contributed by atoms with Crippen molar-refractivity contribution in [3.63, 3.8) is 0 Å². The summed E-state index contributed by atoms with van der Waals surface area (Å²) in [6.07, 6.45) is 0.863. The first kappa shape index (κ1) is 13.8. The predicted octanol–water partition coefficient (Wildman–Crippen LogP) is 1.74. The summed E-state index contributed by atoms with van der Waals surface area (Å²) in [4.78, 5) is 19.1. The van der Waals surface area contributed by atoms with Gasteiger partial charge in [-0.15, -0.1) is 0 Å². The topological polar surface area (TPSA) is 98.3 Å². The standard InChI is InChI=1S/C14H15N3O3/c1-2-7-20-11-6-4-3-5-9(11)14-16-10(13(15)19)8-12(18)17-14/h3-6,8H,2,7H2,1H3,(H2,15,19)(H,16,17,18). The Bertz CT molecular complexity index is 629. The van der Waals surface area contributed by atoms with Crippen LogP contribution in [-0.2, 0) is 0 Å². The quantitative estimate of drug-likeness (QED) is 0.864. The van der Waals surface area contributed by atoms with Crippen molar-refractivity contribution in [2.75, 3.05) is 6.61 Å². The molecule has 3 N–H and O–H groups in total. The van der Waals surface area contributed by atoms with Gasteiger partial charge in [0, 0.05) is 6.07 Å². The van der Waals surface area contributed by atoms with Crippen LogP contribution in [0.5, 0.6) is 11.6 Å². The average molecular weight is 273 g/mol. The SMILES string of the molecule is CCCOc1ccccc1-c1nc(O)cc(C(N)=O)n1. The van der Waals surface area contributed by atoms with Gasteiger partial charge in [-0.1, -0.05) is 19.1 Å². The first-order valence-corrected chi connectivity index (χ1v) is 6.22. The smallest absolute Gasteiger partial charge is 0.267 e. The van der Waals surface area contributed by atoms with E-state index in [-0.39, 0.29) is 17.4 Å². The van der Waals surface area contributed by atoms with Crippen LogP contribution in [0.4, 0.5) is 0 Å². The summed E-state index contributed by atoms with van der Waals surface area (Å²) in [7, 11) is 0. The number of carbonyl (C=O) groups is 1. The van der Waals surface area contributed by atoms with Gasteiger partial charge in [0.2, 0.25) is 5.88 Å². The van der Waals surface area contributed by atoms with Gasteiger partial charge in [-0.2, -0.15) is 4.98 Å². The number of aromatic nitrogens is 2. The highest BCUT2D eigenvalue weighted by Crippen LogP contribution is 2.28. The van der Waals surface area contributed by atoms with E-state index in [0.717, 1.165) is 12.5 Å². The summed E-state index contributed by atoms with van der Waals surface area (Å²) in [6, 6.07) is 8.28. The van der Waals surface area contributed by atoms with Gasteiger partial charge < -0.3 is 15.6 Å². The lowest BCUT2D eigenvalue weighted by Gasteiger charge is -2.10. The Kier molecular flexibility index (Phi) is 4.14. The van der Waals surface area contributed by atoms with Crippen LogP contribution in [0.1, 0.15) is 23.8 Å². The molecule has 6 nitrogen and oxygen atoms in total. The minimum atomic E-state index is -0.726. The van der Waals surface area contributed by atoms with Crippen LogP contribution in [0.25, 0.3) is 11.4 Å². The lowest BCUT2D eigenvalue weighted by molar-refractivity contribution is 0.0995. The number of carbonyl (C=O) groups excluding carboxylic acids is 1. The summed E-state index contributed by atoms with van der Waals surface area (Å²) in [5, 5.41) is 9.57. The van der Waals surface area contributed by atoms with Crippen LogP contribution in [0, 0.1) is 0 Å². The largest absolute Gasteiger partial charge is 0.493 e. The molecular formula is C14H15N3O3. The zero-order valence-corrected chi connectivity index (χ0v) is 11.0. The van der Waals surface area contributed by atoms with Crippen LogP contribution in [-0.4, -0.2) is 27.6 Å². The van der Waals surface area contributed by atoms with Crippen molar-refractivity contribution < 1.29 is 14.6 Å². The molecule has 1 aromatic carbocycles. The van der Waals surface area contributed by atoms with E-state index in [2.05, 4.69) is 9.97 Å². The van der Waals surface area contributed by atoms with E-state index in [1.54, 1.807) is 18.2 Å². The minimum absolute atomic E-state index is 0.0437. The number of nitrogens with two attached hydrogens (primary N) is 1. The Hall–Kier alpha value is -2.63. The molecule has 0 aliphatic heterocycles. The zero-order valence-electron chi connectivity index (χ0n) is 11.0. The molecule has 0 spiro atoms. The van der Waals surface area contributed by atoms with Crippen molar-refractivity contribution in [1.82, 2.24) is 9.97 Å². The van der Waals surface area contributed by atoms with Crippen molar-refractivity contribution in [2.45, 2.75) is 13.3 Å². The second kappa shape index (κ2) is 6.01. The fraction of sp³-hybridized carbons (Fsp3) is 0.214. The van der Waals surface area contributed by atoms with Crippen molar-refractivity contribution in [3.05, 3.63) is 36.0 Å². The van der Waals surface area contributed by atoms with Crippen LogP contribution < -0.4 is 10.5 Å². The molecule has 0 aliphatic carbocycles. The van der Waals surface area contributed by atoms with E-state index in [1.165, 1.54) is 0 Å². The maximum absolute atomic E-state index is 11.2. The molecule has 0 fully saturated rings. The third-order valence-electron chi connectivity index (χ3n) is 2.55. The molecule has 0 radical (unpaired) electrons. The van der Waals surface area contributed by atoms with Crippen LogP contribution in [0.3, 0.4) is 0 Å². The van der Waals surface area contributed by atoms with Gasteiger partial charge in [0.15, 0.2) is 5.82 Å². The third kappa shape index (κ3) is 3.03. The summed E-state index contributed by atoms with van der Waals surface area (Å²) >= 11 is 0. The monoisotopic (exact) mass is 273 g/mol. The molecule has 1 amide bonds. The second-order valence-electron chi connectivity index (χ2n) is 4.14. The Morgan fingerprint density at radius 3 is 2.80 bits per heavy atom. The van der Waals surface area contributed by atoms with E-state index in [1.807, 2.05) is 13.0 Å². The van der Waals surface area contributed by atoms with Crippen molar-refractivity contribution in [1.29, 1.82) is 0 Å². The molecule has 0 unspecified atom stereocenters. The molecule has 1 aromatic heterocycles. The van der Waals surface area contributed by atoms with Crippen molar-refractivity contribution >= 4 is 5.91 Å². The number of hydrogen-bond donors (Lipinski definition) is 2. The van der Waals surface area contributed by atoms with E-state index in [9.17, 15) is 9.90 Å². The molecule has 104 valence electrons. The fourth-order valence-corrected chi connectivity index (χ4v) is 1.67. The zero-order chi connectivity index (χ0) is 14.5. The molecule has 0 saturated carbocycles. The molecule has 20 heavy (non-hydrogen) atoms. The average Bonchev–Trinajstić information content (AvgIpc) is 2.44. The maximum Gasteiger partial charge on any atom is 0.267 e. The van der Waals surface area contributed by atoms with Gasteiger partial charge in [-0.25, -0.2) is 4.98 Å². The highest BCUT2D eigenvalue weighted by molar-refractivity contribution is 5.91. The van der Waals surface area contributed by atoms with E-state index >= 15 is 0 Å². The van der Waals surface area contributed by atoms with Gasteiger partial charge in [0.1, 0.15) is 11.4 Å². The molecule has 2 rings (SSSR count). The number of para-hydroxylation sites is 1. The predicted molar refractivity (Wildman–Crippen MR) is 73.4 cm³/mol. The Morgan fingerprint density at radius 2 is 2.10 bits per heavy atom. The second-order valence-corrected chi connectivity index (χ2v) is 4.14. The Labute approximate surface area is 116 Å². The Morgan fingerprint density at radius 1 is 1.35 bits per heavy atom. The molecule has 0 bridgehead atoms. The van der Waals surface area contributed by atoms with Gasteiger partial charge >= 0.3 is 0 Å². The number of ether oxygens (including phenoxy) is 1. The lowest BCUT2D eigenvalue weighted by Crippen LogP contribution is -2.14. The number of primary amides is 1. The number of rotatable bonds is 5. The maximum atomic E-state index is 11.2. The van der Waals surface area contributed by atoms with Crippen LogP contribution >= 0.6 is 0 Å². The highest BCUT2D eigenvalue weighted by atomic mass is 16.5. The van der Waals surface area contributed by atoms with Crippen LogP contribution in [0.2, 0.25) is 0 Å². The fourth-order valence-electron chi connectivity index (χ4n) is 1.67. The highest BCUT2D eigenvalue weighted by Gasteiger charge is 2.13. The van der Waals surface area contributed by atoms with Crippen LogP contribution in [0.15, 0.2) is 30.3 Å². The molecule has 0 saturated heterocycles.